The van der Waals surface area contributed by atoms with Gasteiger partial charge >= 0.3 is 0 Å². The number of benzene rings is 1. The van der Waals surface area contributed by atoms with Gasteiger partial charge in [-0.25, -0.2) is 4.68 Å². The number of aliphatic hydroxyl groups excluding tert-OH is 3. The molecular formula is C15H21N3O4. The van der Waals surface area contributed by atoms with Crippen LogP contribution in [0.1, 0.15) is 22.5 Å². The van der Waals surface area contributed by atoms with Crippen LogP contribution in [0.2, 0.25) is 0 Å². The van der Waals surface area contributed by atoms with Crippen LogP contribution in [0.15, 0.2) is 18.2 Å². The van der Waals surface area contributed by atoms with Crippen molar-refractivity contribution in [1.29, 1.82) is 0 Å². The fraction of sp³-hybridized carbons (Fsp3) is 0.467. The summed E-state index contributed by atoms with van der Waals surface area (Å²) in [5.74, 6) is 0.749. The van der Waals surface area contributed by atoms with Crippen LogP contribution < -0.4 is 4.74 Å². The molecule has 0 spiro atoms. The number of hydrogen-bond acceptors (Lipinski definition) is 6. The highest BCUT2D eigenvalue weighted by atomic mass is 16.5. The van der Waals surface area contributed by atoms with E-state index in [1.165, 1.54) is 4.68 Å². The minimum atomic E-state index is -0.937. The summed E-state index contributed by atoms with van der Waals surface area (Å²) in [6.07, 6.45) is -0.937. The number of aromatic nitrogens is 3. The van der Waals surface area contributed by atoms with Gasteiger partial charge in [0.15, 0.2) is 0 Å². The molecule has 0 saturated carbocycles. The van der Waals surface area contributed by atoms with E-state index in [0.717, 1.165) is 16.9 Å². The highest BCUT2D eigenvalue weighted by Gasteiger charge is 2.16. The predicted octanol–water partition coefficient (Wildman–Crippen LogP) is 0.319. The van der Waals surface area contributed by atoms with Crippen molar-refractivity contribution in [3.05, 3.63) is 40.7 Å². The van der Waals surface area contributed by atoms with Gasteiger partial charge in [-0.1, -0.05) is 17.3 Å². The third-order valence-corrected chi connectivity index (χ3v) is 3.58. The van der Waals surface area contributed by atoms with Gasteiger partial charge in [-0.3, -0.25) is 0 Å². The summed E-state index contributed by atoms with van der Waals surface area (Å²) in [7, 11) is 0. The fourth-order valence-electron chi connectivity index (χ4n) is 2.08. The Bertz CT molecular complexity index is 627. The van der Waals surface area contributed by atoms with E-state index in [-0.39, 0.29) is 26.4 Å². The molecule has 0 aliphatic rings. The Kier molecular flexibility index (Phi) is 5.48. The summed E-state index contributed by atoms with van der Waals surface area (Å²) in [4.78, 5) is 0. The first-order valence-corrected chi connectivity index (χ1v) is 7.06. The monoisotopic (exact) mass is 307 g/mol. The zero-order valence-corrected chi connectivity index (χ0v) is 12.7. The van der Waals surface area contributed by atoms with E-state index < -0.39 is 6.10 Å². The van der Waals surface area contributed by atoms with Crippen molar-refractivity contribution in [2.24, 2.45) is 0 Å². The Hall–Kier alpha value is -1.96. The molecule has 0 bridgehead atoms. The molecular weight excluding hydrogens is 286 g/mol. The molecule has 2 rings (SSSR count). The van der Waals surface area contributed by atoms with E-state index in [9.17, 15) is 10.2 Å². The lowest BCUT2D eigenvalue weighted by Crippen LogP contribution is -2.22. The van der Waals surface area contributed by atoms with Crippen LogP contribution in [0.3, 0.4) is 0 Å². The Morgan fingerprint density at radius 2 is 2.05 bits per heavy atom. The number of ether oxygens (including phenoxy) is 1. The van der Waals surface area contributed by atoms with Gasteiger partial charge in [0, 0.05) is 0 Å². The van der Waals surface area contributed by atoms with Crippen molar-refractivity contribution in [1.82, 2.24) is 15.0 Å². The summed E-state index contributed by atoms with van der Waals surface area (Å²) in [5, 5.41) is 35.6. The maximum atomic E-state index is 9.54. The van der Waals surface area contributed by atoms with Crippen LogP contribution in [-0.4, -0.2) is 43.0 Å². The SMILES string of the molecule is Cc1cccc(OCc2c(CO)nnn2CC(O)CO)c1C. The Labute approximate surface area is 128 Å². The van der Waals surface area contributed by atoms with Gasteiger partial charge in [-0.15, -0.1) is 5.10 Å². The molecule has 1 unspecified atom stereocenters. The molecule has 1 atom stereocenters. The summed E-state index contributed by atoms with van der Waals surface area (Å²) in [6.45, 7) is 3.61. The minimum absolute atomic E-state index is 0.0923. The average molecular weight is 307 g/mol. The molecule has 0 amide bonds. The molecule has 0 fully saturated rings. The van der Waals surface area contributed by atoms with Crippen LogP contribution in [-0.2, 0) is 19.8 Å². The lowest BCUT2D eigenvalue weighted by Gasteiger charge is -2.13. The molecule has 2 aromatic rings. The second kappa shape index (κ2) is 7.35. The van der Waals surface area contributed by atoms with Crippen LogP contribution in [0.4, 0.5) is 0 Å². The minimum Gasteiger partial charge on any atom is -0.487 e. The van der Waals surface area contributed by atoms with Gasteiger partial charge < -0.3 is 20.1 Å². The molecule has 120 valence electrons. The molecule has 0 aliphatic carbocycles. The van der Waals surface area contributed by atoms with E-state index in [2.05, 4.69) is 10.3 Å². The summed E-state index contributed by atoms with van der Waals surface area (Å²) >= 11 is 0. The maximum Gasteiger partial charge on any atom is 0.132 e. The molecule has 22 heavy (non-hydrogen) atoms. The molecule has 3 N–H and O–H groups in total. The highest BCUT2D eigenvalue weighted by molar-refractivity contribution is 5.38. The van der Waals surface area contributed by atoms with E-state index in [1.807, 2.05) is 32.0 Å². The number of aliphatic hydroxyl groups is 3. The Balaban J connectivity index is 2.17. The van der Waals surface area contributed by atoms with E-state index >= 15 is 0 Å². The van der Waals surface area contributed by atoms with E-state index in [0.29, 0.717) is 11.4 Å². The molecule has 1 aromatic heterocycles. The molecule has 0 aliphatic heterocycles. The molecule has 7 nitrogen and oxygen atoms in total. The quantitative estimate of drug-likeness (QED) is 0.681. The van der Waals surface area contributed by atoms with Crippen molar-refractivity contribution < 1.29 is 20.1 Å². The maximum absolute atomic E-state index is 9.54. The van der Waals surface area contributed by atoms with E-state index in [4.69, 9.17) is 9.84 Å². The molecule has 7 heteroatoms. The topological polar surface area (TPSA) is 101 Å². The van der Waals surface area contributed by atoms with Crippen molar-refractivity contribution in [2.75, 3.05) is 6.61 Å². The lowest BCUT2D eigenvalue weighted by molar-refractivity contribution is 0.0760. The number of rotatable bonds is 7. The highest BCUT2D eigenvalue weighted by Crippen LogP contribution is 2.22. The zero-order chi connectivity index (χ0) is 16.1. The van der Waals surface area contributed by atoms with Gasteiger partial charge in [-0.05, 0) is 31.0 Å². The molecule has 0 radical (unpaired) electrons. The van der Waals surface area contributed by atoms with Crippen LogP contribution in [0, 0.1) is 13.8 Å². The molecule has 0 saturated heterocycles. The van der Waals surface area contributed by atoms with Gasteiger partial charge in [0.05, 0.1) is 25.9 Å². The van der Waals surface area contributed by atoms with Crippen molar-refractivity contribution in [3.63, 3.8) is 0 Å². The second-order valence-corrected chi connectivity index (χ2v) is 5.15. The standard InChI is InChI=1S/C15H21N3O4/c1-10-4-3-5-15(11(10)2)22-9-14-13(8-20)16-17-18(14)6-12(21)7-19/h3-5,12,19-21H,6-9H2,1-2H3. The number of hydrogen-bond donors (Lipinski definition) is 3. The first kappa shape index (κ1) is 16.4. The predicted molar refractivity (Wildman–Crippen MR) is 79.3 cm³/mol. The Morgan fingerprint density at radius 1 is 1.27 bits per heavy atom. The normalized spacial score (nSPS) is 12.4. The summed E-state index contributed by atoms with van der Waals surface area (Å²) in [6, 6.07) is 5.79. The second-order valence-electron chi connectivity index (χ2n) is 5.15. The van der Waals surface area contributed by atoms with Gasteiger partial charge in [0.2, 0.25) is 0 Å². The largest absolute Gasteiger partial charge is 0.487 e. The number of aryl methyl sites for hydroxylation is 1. The smallest absolute Gasteiger partial charge is 0.132 e. The Morgan fingerprint density at radius 3 is 2.73 bits per heavy atom. The third kappa shape index (κ3) is 3.62. The summed E-state index contributed by atoms with van der Waals surface area (Å²) in [5.41, 5.74) is 3.15. The van der Waals surface area contributed by atoms with Gasteiger partial charge in [0.25, 0.3) is 0 Å². The average Bonchev–Trinajstić information content (AvgIpc) is 2.90. The van der Waals surface area contributed by atoms with Crippen molar-refractivity contribution in [2.45, 2.75) is 39.7 Å². The molecule has 1 heterocycles. The van der Waals surface area contributed by atoms with Gasteiger partial charge in [0.1, 0.15) is 23.7 Å². The van der Waals surface area contributed by atoms with Crippen LogP contribution in [0.5, 0.6) is 5.75 Å². The number of nitrogens with zero attached hydrogens (tertiary/aromatic N) is 3. The fourth-order valence-corrected chi connectivity index (χ4v) is 2.08. The first-order chi connectivity index (χ1) is 10.6. The summed E-state index contributed by atoms with van der Waals surface area (Å²) < 4.78 is 7.25. The molecule has 1 aromatic carbocycles. The van der Waals surface area contributed by atoms with Gasteiger partial charge in [-0.2, -0.15) is 0 Å². The van der Waals surface area contributed by atoms with Crippen molar-refractivity contribution >= 4 is 0 Å². The third-order valence-electron chi connectivity index (χ3n) is 3.58. The lowest BCUT2D eigenvalue weighted by atomic mass is 10.1. The zero-order valence-electron chi connectivity index (χ0n) is 12.7. The van der Waals surface area contributed by atoms with E-state index in [1.54, 1.807) is 0 Å². The van der Waals surface area contributed by atoms with Crippen LogP contribution >= 0.6 is 0 Å². The van der Waals surface area contributed by atoms with Crippen molar-refractivity contribution in [3.8, 4) is 5.75 Å². The first-order valence-electron chi connectivity index (χ1n) is 7.06. The van der Waals surface area contributed by atoms with Crippen LogP contribution in [0.25, 0.3) is 0 Å².